The highest BCUT2D eigenvalue weighted by atomic mass is 16.1. The van der Waals surface area contributed by atoms with E-state index in [4.69, 9.17) is 0 Å². The van der Waals surface area contributed by atoms with E-state index in [-0.39, 0.29) is 0 Å². The van der Waals surface area contributed by atoms with Crippen LogP contribution in [0.2, 0.25) is 0 Å². The van der Waals surface area contributed by atoms with Crippen molar-refractivity contribution in [1.29, 1.82) is 0 Å². The summed E-state index contributed by atoms with van der Waals surface area (Å²) in [5, 5.41) is 0. The molecule has 0 aliphatic rings. The number of fused-ring (bicyclic) bond motifs is 1. The van der Waals surface area contributed by atoms with Gasteiger partial charge in [-0.1, -0.05) is 29.8 Å². The molecule has 3 heteroatoms. The molecule has 19 heavy (non-hydrogen) atoms. The Balaban J connectivity index is 2.04. The van der Waals surface area contributed by atoms with Crippen molar-refractivity contribution in [1.82, 2.24) is 9.38 Å². The molecule has 0 spiro atoms. The van der Waals surface area contributed by atoms with Gasteiger partial charge in [0.05, 0.1) is 11.7 Å². The molecule has 0 fully saturated rings. The monoisotopic (exact) mass is 250 g/mol. The van der Waals surface area contributed by atoms with Crippen LogP contribution in [0.25, 0.3) is 5.52 Å². The number of hydrogen-bond donors (Lipinski definition) is 0. The van der Waals surface area contributed by atoms with Crippen LogP contribution >= 0.6 is 0 Å². The number of carbonyl (C=O) groups is 1. The number of benzene rings is 1. The first-order valence-corrected chi connectivity index (χ1v) is 6.23. The number of rotatable bonds is 3. The van der Waals surface area contributed by atoms with E-state index < -0.39 is 0 Å². The van der Waals surface area contributed by atoms with E-state index in [1.807, 2.05) is 16.7 Å². The average Bonchev–Trinajstić information content (AvgIpc) is 2.82. The van der Waals surface area contributed by atoms with Crippen LogP contribution in [0.4, 0.5) is 0 Å². The van der Waals surface area contributed by atoms with Crippen molar-refractivity contribution in [3.05, 3.63) is 71.3 Å². The van der Waals surface area contributed by atoms with Crippen molar-refractivity contribution in [2.24, 2.45) is 0 Å². The molecule has 1 aromatic carbocycles. The molecule has 3 nitrogen and oxygen atoms in total. The Kier molecular flexibility index (Phi) is 2.88. The molecule has 94 valence electrons. The van der Waals surface area contributed by atoms with Gasteiger partial charge in [0, 0.05) is 18.2 Å². The van der Waals surface area contributed by atoms with E-state index in [2.05, 4.69) is 36.2 Å². The van der Waals surface area contributed by atoms with Crippen LogP contribution in [0.1, 0.15) is 27.3 Å². The molecule has 0 saturated carbocycles. The molecule has 2 heterocycles. The van der Waals surface area contributed by atoms with E-state index in [1.54, 1.807) is 12.3 Å². The first-order chi connectivity index (χ1) is 9.28. The third kappa shape index (κ3) is 2.15. The van der Waals surface area contributed by atoms with Crippen LogP contribution in [-0.4, -0.2) is 15.7 Å². The molecule has 0 bridgehead atoms. The highest BCUT2D eigenvalue weighted by Gasteiger charge is 2.07. The fraction of sp³-hybridized carbons (Fsp3) is 0.125. The zero-order valence-corrected chi connectivity index (χ0v) is 10.7. The lowest BCUT2D eigenvalue weighted by molar-refractivity contribution is 0.112. The average molecular weight is 250 g/mol. The number of carbonyl (C=O) groups excluding carboxylic acids is 1. The van der Waals surface area contributed by atoms with Crippen molar-refractivity contribution in [3.8, 4) is 0 Å². The Morgan fingerprint density at radius 3 is 2.95 bits per heavy atom. The maximum absolute atomic E-state index is 11.0. The second kappa shape index (κ2) is 4.69. The normalized spacial score (nSPS) is 10.8. The predicted molar refractivity (Wildman–Crippen MR) is 74.6 cm³/mol. The van der Waals surface area contributed by atoms with E-state index in [1.165, 1.54) is 11.1 Å². The number of hydrogen-bond acceptors (Lipinski definition) is 2. The van der Waals surface area contributed by atoms with Gasteiger partial charge in [0.1, 0.15) is 5.82 Å². The van der Waals surface area contributed by atoms with Gasteiger partial charge < -0.3 is 4.40 Å². The summed E-state index contributed by atoms with van der Waals surface area (Å²) in [7, 11) is 0. The molecule has 0 aliphatic heterocycles. The SMILES string of the molecule is Cc1cccc(Cc2ncc3c(C=O)cccn23)c1. The summed E-state index contributed by atoms with van der Waals surface area (Å²) in [4.78, 5) is 15.4. The number of nitrogens with zero attached hydrogens (tertiary/aromatic N) is 2. The second-order valence-electron chi connectivity index (χ2n) is 4.68. The van der Waals surface area contributed by atoms with Gasteiger partial charge in [-0.05, 0) is 24.6 Å². The van der Waals surface area contributed by atoms with Crippen LogP contribution in [0, 0.1) is 6.92 Å². The van der Waals surface area contributed by atoms with Crippen molar-refractivity contribution < 1.29 is 4.79 Å². The minimum absolute atomic E-state index is 0.672. The van der Waals surface area contributed by atoms with Crippen LogP contribution < -0.4 is 0 Å². The Morgan fingerprint density at radius 1 is 1.26 bits per heavy atom. The largest absolute Gasteiger partial charge is 0.303 e. The summed E-state index contributed by atoms with van der Waals surface area (Å²) < 4.78 is 1.98. The maximum atomic E-state index is 11.0. The van der Waals surface area contributed by atoms with E-state index >= 15 is 0 Å². The van der Waals surface area contributed by atoms with Gasteiger partial charge in [0.25, 0.3) is 0 Å². The number of aldehydes is 1. The maximum Gasteiger partial charge on any atom is 0.152 e. The molecule has 0 N–H and O–H groups in total. The summed E-state index contributed by atoms with van der Waals surface area (Å²) in [6.45, 7) is 2.08. The van der Waals surface area contributed by atoms with Crippen LogP contribution in [0.5, 0.6) is 0 Å². The fourth-order valence-electron chi connectivity index (χ4n) is 2.33. The lowest BCUT2D eigenvalue weighted by atomic mass is 10.1. The molecule has 3 aromatic rings. The number of imidazole rings is 1. The summed E-state index contributed by atoms with van der Waals surface area (Å²) in [6.07, 6.45) is 5.33. The lowest BCUT2D eigenvalue weighted by Crippen LogP contribution is -1.97. The van der Waals surface area contributed by atoms with Crippen molar-refractivity contribution in [2.75, 3.05) is 0 Å². The summed E-state index contributed by atoms with van der Waals surface area (Å²) in [5.41, 5.74) is 4.00. The first-order valence-electron chi connectivity index (χ1n) is 6.23. The Bertz CT molecular complexity index is 743. The van der Waals surface area contributed by atoms with Gasteiger partial charge >= 0.3 is 0 Å². The summed E-state index contributed by atoms with van der Waals surface area (Å²) in [5.74, 6) is 0.948. The summed E-state index contributed by atoms with van der Waals surface area (Å²) >= 11 is 0. The van der Waals surface area contributed by atoms with Crippen LogP contribution in [0.15, 0.2) is 48.8 Å². The van der Waals surface area contributed by atoms with E-state index in [0.717, 1.165) is 24.0 Å². The first kappa shape index (κ1) is 11.7. The minimum Gasteiger partial charge on any atom is -0.303 e. The Labute approximate surface area is 111 Å². The van der Waals surface area contributed by atoms with Gasteiger partial charge in [0.2, 0.25) is 0 Å². The summed E-state index contributed by atoms with van der Waals surface area (Å²) in [6, 6.07) is 12.1. The Morgan fingerprint density at radius 2 is 2.16 bits per heavy atom. The van der Waals surface area contributed by atoms with Crippen molar-refractivity contribution >= 4 is 11.8 Å². The standard InChI is InChI=1S/C16H14N2O/c1-12-4-2-5-13(8-12)9-16-17-10-15-14(11-19)6-3-7-18(15)16/h2-8,10-11H,9H2,1H3. The lowest BCUT2D eigenvalue weighted by Gasteiger charge is -2.03. The molecule has 0 saturated heterocycles. The van der Waals surface area contributed by atoms with Gasteiger partial charge in [-0.3, -0.25) is 4.79 Å². The molecular weight excluding hydrogens is 236 g/mol. The zero-order chi connectivity index (χ0) is 13.2. The molecule has 0 radical (unpaired) electrons. The van der Waals surface area contributed by atoms with Crippen LogP contribution in [-0.2, 0) is 6.42 Å². The van der Waals surface area contributed by atoms with Gasteiger partial charge in [0.15, 0.2) is 6.29 Å². The molecule has 0 atom stereocenters. The second-order valence-corrected chi connectivity index (χ2v) is 4.68. The van der Waals surface area contributed by atoms with Crippen molar-refractivity contribution in [3.63, 3.8) is 0 Å². The minimum atomic E-state index is 0.672. The van der Waals surface area contributed by atoms with Gasteiger partial charge in [-0.2, -0.15) is 0 Å². The van der Waals surface area contributed by atoms with Gasteiger partial charge in [-0.25, -0.2) is 4.98 Å². The molecule has 0 aliphatic carbocycles. The molecule has 0 unspecified atom stereocenters. The number of pyridine rings is 1. The fourth-order valence-corrected chi connectivity index (χ4v) is 2.33. The van der Waals surface area contributed by atoms with E-state index in [9.17, 15) is 4.79 Å². The van der Waals surface area contributed by atoms with Gasteiger partial charge in [-0.15, -0.1) is 0 Å². The number of aryl methyl sites for hydroxylation is 1. The number of aromatic nitrogens is 2. The third-order valence-electron chi connectivity index (χ3n) is 3.25. The highest BCUT2D eigenvalue weighted by Crippen LogP contribution is 2.15. The van der Waals surface area contributed by atoms with E-state index in [0.29, 0.717) is 5.56 Å². The van der Waals surface area contributed by atoms with Crippen molar-refractivity contribution in [2.45, 2.75) is 13.3 Å². The molecule has 2 aromatic heterocycles. The molecular formula is C16H14N2O. The quantitative estimate of drug-likeness (QED) is 0.669. The Hall–Kier alpha value is -2.42. The smallest absolute Gasteiger partial charge is 0.152 e. The molecule has 0 amide bonds. The third-order valence-corrected chi connectivity index (χ3v) is 3.25. The zero-order valence-electron chi connectivity index (χ0n) is 10.7. The highest BCUT2D eigenvalue weighted by molar-refractivity contribution is 5.85. The topological polar surface area (TPSA) is 34.4 Å². The van der Waals surface area contributed by atoms with Crippen LogP contribution in [0.3, 0.4) is 0 Å². The predicted octanol–water partition coefficient (Wildman–Crippen LogP) is 3.05. The molecule has 3 rings (SSSR count).